The molecule has 0 saturated carbocycles. The van der Waals surface area contributed by atoms with E-state index in [4.69, 9.17) is 9.47 Å². The van der Waals surface area contributed by atoms with Crippen LogP contribution >= 0.6 is 0 Å². The number of hydrogen-bond donors (Lipinski definition) is 1. The lowest BCUT2D eigenvalue weighted by atomic mass is 10.1. The van der Waals surface area contributed by atoms with Crippen LogP contribution in [0.5, 0.6) is 0 Å². The molecule has 5 heteroatoms. The lowest BCUT2D eigenvalue weighted by Crippen LogP contribution is -2.43. The van der Waals surface area contributed by atoms with E-state index < -0.39 is 0 Å². The Morgan fingerprint density at radius 1 is 1.35 bits per heavy atom. The average Bonchev–Trinajstić information content (AvgIpc) is 2.72. The summed E-state index contributed by atoms with van der Waals surface area (Å²) in [7, 11) is 3.83. The second-order valence-electron chi connectivity index (χ2n) is 3.86. The summed E-state index contributed by atoms with van der Waals surface area (Å²) in [5.41, 5.74) is 1.04. The highest BCUT2D eigenvalue weighted by atomic mass is 16.7. The van der Waals surface area contributed by atoms with Gasteiger partial charge >= 0.3 is 0 Å². The summed E-state index contributed by atoms with van der Waals surface area (Å²) in [4.78, 5) is 0. The van der Waals surface area contributed by atoms with Crippen LogP contribution in [0.15, 0.2) is 12.3 Å². The zero-order valence-electron chi connectivity index (χ0n) is 11.1. The molecule has 1 rings (SSSR count). The van der Waals surface area contributed by atoms with Crippen molar-refractivity contribution in [2.45, 2.75) is 32.6 Å². The monoisotopic (exact) mass is 241 g/mol. The smallest absolute Gasteiger partial charge is 0.173 e. The molecule has 0 fully saturated rings. The number of aromatic nitrogens is 2. The van der Waals surface area contributed by atoms with Crippen molar-refractivity contribution in [1.82, 2.24) is 15.1 Å². The maximum atomic E-state index is 5.60. The van der Waals surface area contributed by atoms with E-state index in [1.807, 2.05) is 40.2 Å². The standard InChI is InChI=1S/C12H23N3O2/c1-5-16-12(17-6-2)11(13-3)9-10-7-8-15(4)14-10/h7-8,11-13H,5-6,9H2,1-4H3. The van der Waals surface area contributed by atoms with Crippen LogP contribution in [0.2, 0.25) is 0 Å². The minimum Gasteiger partial charge on any atom is -0.351 e. The van der Waals surface area contributed by atoms with Gasteiger partial charge in [-0.3, -0.25) is 4.68 Å². The van der Waals surface area contributed by atoms with Crippen molar-refractivity contribution >= 4 is 0 Å². The Balaban J connectivity index is 2.61. The molecule has 0 spiro atoms. The topological polar surface area (TPSA) is 48.3 Å². The van der Waals surface area contributed by atoms with Crippen LogP contribution in [0.4, 0.5) is 0 Å². The molecule has 1 heterocycles. The predicted molar refractivity (Wildman–Crippen MR) is 66.8 cm³/mol. The van der Waals surface area contributed by atoms with Crippen LogP contribution in [0.3, 0.4) is 0 Å². The molecule has 0 saturated heterocycles. The van der Waals surface area contributed by atoms with Crippen molar-refractivity contribution in [3.63, 3.8) is 0 Å². The Bertz CT molecular complexity index is 308. The number of rotatable bonds is 8. The third kappa shape index (κ3) is 4.46. The molecule has 0 aliphatic carbocycles. The third-order valence-electron chi connectivity index (χ3n) is 2.56. The van der Waals surface area contributed by atoms with E-state index >= 15 is 0 Å². The normalized spacial score (nSPS) is 13.2. The molecule has 98 valence electrons. The minimum absolute atomic E-state index is 0.116. The van der Waals surface area contributed by atoms with Crippen LogP contribution in [-0.4, -0.2) is 42.4 Å². The zero-order valence-corrected chi connectivity index (χ0v) is 11.1. The van der Waals surface area contributed by atoms with Crippen LogP contribution < -0.4 is 5.32 Å². The van der Waals surface area contributed by atoms with Gasteiger partial charge in [0.05, 0.1) is 11.7 Å². The van der Waals surface area contributed by atoms with Gasteiger partial charge in [-0.15, -0.1) is 0 Å². The first-order valence-corrected chi connectivity index (χ1v) is 6.10. The van der Waals surface area contributed by atoms with Gasteiger partial charge in [-0.05, 0) is 27.0 Å². The van der Waals surface area contributed by atoms with Gasteiger partial charge in [-0.1, -0.05) is 0 Å². The van der Waals surface area contributed by atoms with Crippen molar-refractivity contribution in [2.75, 3.05) is 20.3 Å². The largest absolute Gasteiger partial charge is 0.351 e. The molecule has 17 heavy (non-hydrogen) atoms. The minimum atomic E-state index is -0.225. The van der Waals surface area contributed by atoms with Gasteiger partial charge in [0.25, 0.3) is 0 Å². The van der Waals surface area contributed by atoms with Crippen LogP contribution in [-0.2, 0) is 22.9 Å². The Hall–Kier alpha value is -0.910. The Morgan fingerprint density at radius 3 is 2.41 bits per heavy atom. The zero-order chi connectivity index (χ0) is 12.7. The van der Waals surface area contributed by atoms with Gasteiger partial charge in [0.1, 0.15) is 0 Å². The van der Waals surface area contributed by atoms with Crippen molar-refractivity contribution in [3.8, 4) is 0 Å². The predicted octanol–water partition coefficient (Wildman–Crippen LogP) is 0.950. The summed E-state index contributed by atoms with van der Waals surface area (Å²) in [6.07, 6.45) is 2.51. The van der Waals surface area contributed by atoms with E-state index in [1.165, 1.54) is 0 Å². The number of nitrogens with one attached hydrogen (secondary N) is 1. The molecule has 0 amide bonds. The average molecular weight is 241 g/mol. The van der Waals surface area contributed by atoms with Gasteiger partial charge in [-0.25, -0.2) is 0 Å². The summed E-state index contributed by atoms with van der Waals surface area (Å²) in [5.74, 6) is 0. The first-order chi connectivity index (χ1) is 8.21. The van der Waals surface area contributed by atoms with E-state index in [9.17, 15) is 0 Å². The first-order valence-electron chi connectivity index (χ1n) is 6.10. The molecule has 0 aliphatic rings. The van der Waals surface area contributed by atoms with Crippen LogP contribution in [0, 0.1) is 0 Å². The highest BCUT2D eigenvalue weighted by molar-refractivity contribution is 5.01. The van der Waals surface area contributed by atoms with Gasteiger partial charge < -0.3 is 14.8 Å². The highest BCUT2D eigenvalue weighted by Gasteiger charge is 2.21. The molecule has 0 aromatic carbocycles. The third-order valence-corrected chi connectivity index (χ3v) is 2.56. The lowest BCUT2D eigenvalue weighted by Gasteiger charge is -2.25. The maximum absolute atomic E-state index is 5.60. The molecular weight excluding hydrogens is 218 g/mol. The molecule has 0 radical (unpaired) electrons. The summed E-state index contributed by atoms with van der Waals surface area (Å²) < 4.78 is 13.0. The fraction of sp³-hybridized carbons (Fsp3) is 0.750. The summed E-state index contributed by atoms with van der Waals surface area (Å²) in [6.45, 7) is 5.23. The van der Waals surface area contributed by atoms with Crippen LogP contribution in [0.1, 0.15) is 19.5 Å². The molecule has 1 aromatic heterocycles. The van der Waals surface area contributed by atoms with E-state index in [0.717, 1.165) is 12.1 Å². The van der Waals surface area contributed by atoms with Crippen molar-refractivity contribution in [1.29, 1.82) is 0 Å². The molecular formula is C12H23N3O2. The van der Waals surface area contributed by atoms with Crippen molar-refractivity contribution < 1.29 is 9.47 Å². The molecule has 1 aromatic rings. The van der Waals surface area contributed by atoms with Gasteiger partial charge in [0.2, 0.25) is 0 Å². The number of aryl methyl sites for hydroxylation is 1. The molecule has 0 bridgehead atoms. The SMILES string of the molecule is CCOC(OCC)C(Cc1ccn(C)n1)NC. The van der Waals surface area contributed by atoms with Gasteiger partial charge in [0.15, 0.2) is 6.29 Å². The van der Waals surface area contributed by atoms with Gasteiger partial charge in [0, 0.05) is 32.9 Å². The fourth-order valence-corrected chi connectivity index (χ4v) is 1.74. The Kier molecular flexibility index (Phi) is 6.18. The molecule has 1 N–H and O–H groups in total. The van der Waals surface area contributed by atoms with Gasteiger partial charge in [-0.2, -0.15) is 5.10 Å². The lowest BCUT2D eigenvalue weighted by molar-refractivity contribution is -0.152. The van der Waals surface area contributed by atoms with Crippen molar-refractivity contribution in [2.24, 2.45) is 7.05 Å². The molecule has 1 unspecified atom stereocenters. The number of hydrogen-bond acceptors (Lipinski definition) is 4. The van der Waals surface area contributed by atoms with E-state index in [2.05, 4.69) is 10.4 Å². The summed E-state index contributed by atoms with van der Waals surface area (Å²) in [5, 5.41) is 7.60. The highest BCUT2D eigenvalue weighted by Crippen LogP contribution is 2.08. The number of nitrogens with zero attached hydrogens (tertiary/aromatic N) is 2. The number of ether oxygens (including phenoxy) is 2. The second kappa shape index (κ2) is 7.42. The molecule has 1 atom stereocenters. The molecule has 5 nitrogen and oxygen atoms in total. The quantitative estimate of drug-likeness (QED) is 0.688. The fourth-order valence-electron chi connectivity index (χ4n) is 1.74. The summed E-state index contributed by atoms with van der Waals surface area (Å²) in [6, 6.07) is 2.13. The maximum Gasteiger partial charge on any atom is 0.173 e. The van der Waals surface area contributed by atoms with E-state index in [1.54, 1.807) is 4.68 Å². The Morgan fingerprint density at radius 2 is 2.00 bits per heavy atom. The number of likely N-dealkylation sites (N-methyl/N-ethyl adjacent to an activating group) is 1. The Labute approximate surface area is 103 Å². The molecule has 0 aliphatic heterocycles. The van der Waals surface area contributed by atoms with Crippen LogP contribution in [0.25, 0.3) is 0 Å². The first kappa shape index (κ1) is 14.2. The van der Waals surface area contributed by atoms with E-state index in [-0.39, 0.29) is 12.3 Å². The van der Waals surface area contributed by atoms with E-state index in [0.29, 0.717) is 13.2 Å². The van der Waals surface area contributed by atoms with Crippen molar-refractivity contribution in [3.05, 3.63) is 18.0 Å². The second-order valence-corrected chi connectivity index (χ2v) is 3.86. The summed E-state index contributed by atoms with van der Waals surface area (Å²) >= 11 is 0.